The van der Waals surface area contributed by atoms with Gasteiger partial charge in [0.1, 0.15) is 10.6 Å². The molecule has 0 fully saturated rings. The van der Waals surface area contributed by atoms with Gasteiger partial charge in [0.25, 0.3) is 0 Å². The summed E-state index contributed by atoms with van der Waals surface area (Å²) in [5.41, 5.74) is 3.68. The second kappa shape index (κ2) is 4.98. The van der Waals surface area contributed by atoms with Gasteiger partial charge in [0.2, 0.25) is 0 Å². The molecule has 20 heavy (non-hydrogen) atoms. The minimum Gasteiger partial charge on any atom is -0.478 e. The van der Waals surface area contributed by atoms with Crippen molar-refractivity contribution in [3.8, 4) is 0 Å². The van der Waals surface area contributed by atoms with E-state index in [-0.39, 0.29) is 0 Å². The van der Waals surface area contributed by atoms with Gasteiger partial charge < -0.3 is 5.11 Å². The standard InChI is InChI=1S/C15H16N2O2S/c1-9-13(15(18)19)14(17(2)16-9)20-12-7-6-10-4-3-5-11(10)8-12/h6-8H,3-5H2,1-2H3,(H,18,19). The highest BCUT2D eigenvalue weighted by molar-refractivity contribution is 7.99. The first-order chi connectivity index (χ1) is 9.56. The van der Waals surface area contributed by atoms with Crippen molar-refractivity contribution in [2.45, 2.75) is 36.1 Å². The summed E-state index contributed by atoms with van der Waals surface area (Å²) in [6, 6.07) is 6.41. The van der Waals surface area contributed by atoms with Crippen molar-refractivity contribution in [2.24, 2.45) is 7.05 Å². The molecule has 1 aliphatic rings. The van der Waals surface area contributed by atoms with Gasteiger partial charge in [-0.05, 0) is 49.4 Å². The number of hydrogen-bond donors (Lipinski definition) is 1. The molecule has 1 aromatic carbocycles. The summed E-state index contributed by atoms with van der Waals surface area (Å²) in [6.45, 7) is 1.73. The predicted octanol–water partition coefficient (Wildman–Crippen LogP) is 3.07. The van der Waals surface area contributed by atoms with E-state index in [0.29, 0.717) is 16.3 Å². The molecule has 0 saturated heterocycles. The molecule has 4 nitrogen and oxygen atoms in total. The van der Waals surface area contributed by atoms with E-state index in [0.717, 1.165) is 17.7 Å². The van der Waals surface area contributed by atoms with Crippen LogP contribution < -0.4 is 0 Å². The molecule has 0 amide bonds. The Labute approximate surface area is 121 Å². The minimum atomic E-state index is -0.917. The third-order valence-electron chi connectivity index (χ3n) is 3.67. The fourth-order valence-electron chi connectivity index (χ4n) is 2.72. The van der Waals surface area contributed by atoms with Crippen LogP contribution in [0.1, 0.15) is 33.6 Å². The number of carbonyl (C=O) groups is 1. The first-order valence-electron chi connectivity index (χ1n) is 6.63. The summed E-state index contributed by atoms with van der Waals surface area (Å²) in [7, 11) is 1.79. The second-order valence-electron chi connectivity index (χ2n) is 5.08. The summed E-state index contributed by atoms with van der Waals surface area (Å²) in [6.07, 6.45) is 3.50. The third kappa shape index (κ3) is 2.22. The van der Waals surface area contributed by atoms with Gasteiger partial charge in [-0.3, -0.25) is 4.68 Å². The zero-order valence-corrected chi connectivity index (χ0v) is 12.3. The normalized spacial score (nSPS) is 13.5. The number of aryl methyl sites for hydroxylation is 4. The van der Waals surface area contributed by atoms with Gasteiger partial charge in [0, 0.05) is 11.9 Å². The first-order valence-corrected chi connectivity index (χ1v) is 7.44. The van der Waals surface area contributed by atoms with Crippen LogP contribution in [0.2, 0.25) is 0 Å². The Hall–Kier alpha value is -1.75. The van der Waals surface area contributed by atoms with Gasteiger partial charge in [-0.1, -0.05) is 17.8 Å². The van der Waals surface area contributed by atoms with Crippen LogP contribution in [0.15, 0.2) is 28.1 Å². The molecule has 1 aliphatic carbocycles. The number of aromatic nitrogens is 2. The Morgan fingerprint density at radius 2 is 2.10 bits per heavy atom. The molecule has 0 saturated carbocycles. The quantitative estimate of drug-likeness (QED) is 0.943. The maximum Gasteiger partial charge on any atom is 0.340 e. The lowest BCUT2D eigenvalue weighted by molar-refractivity contribution is 0.0692. The van der Waals surface area contributed by atoms with Crippen LogP contribution in [0, 0.1) is 6.92 Å². The third-order valence-corrected chi connectivity index (χ3v) is 4.82. The van der Waals surface area contributed by atoms with E-state index in [2.05, 4.69) is 23.3 Å². The largest absolute Gasteiger partial charge is 0.478 e. The number of fused-ring (bicyclic) bond motifs is 1. The molecule has 1 heterocycles. The van der Waals surface area contributed by atoms with Gasteiger partial charge in [0.05, 0.1) is 5.69 Å². The molecule has 3 rings (SSSR count). The Kier molecular flexibility index (Phi) is 3.30. The van der Waals surface area contributed by atoms with E-state index in [1.807, 2.05) is 0 Å². The van der Waals surface area contributed by atoms with E-state index < -0.39 is 5.97 Å². The van der Waals surface area contributed by atoms with Crippen molar-refractivity contribution in [2.75, 3.05) is 0 Å². The molecule has 5 heteroatoms. The van der Waals surface area contributed by atoms with E-state index in [1.165, 1.54) is 29.3 Å². The Bertz CT molecular complexity index is 691. The number of hydrogen-bond acceptors (Lipinski definition) is 3. The van der Waals surface area contributed by atoms with Crippen LogP contribution in [0.25, 0.3) is 0 Å². The highest BCUT2D eigenvalue weighted by Gasteiger charge is 2.21. The van der Waals surface area contributed by atoms with Gasteiger partial charge >= 0.3 is 5.97 Å². The lowest BCUT2D eigenvalue weighted by Crippen LogP contribution is -2.00. The molecule has 0 bridgehead atoms. The van der Waals surface area contributed by atoms with Crippen molar-refractivity contribution < 1.29 is 9.90 Å². The first kappa shape index (κ1) is 13.2. The Morgan fingerprint density at radius 1 is 1.35 bits per heavy atom. The van der Waals surface area contributed by atoms with Gasteiger partial charge in [-0.15, -0.1) is 0 Å². The van der Waals surface area contributed by atoms with Crippen LogP contribution in [0.5, 0.6) is 0 Å². The summed E-state index contributed by atoms with van der Waals surface area (Å²) in [4.78, 5) is 12.4. The number of rotatable bonds is 3. The van der Waals surface area contributed by atoms with Crippen molar-refractivity contribution in [3.63, 3.8) is 0 Å². The topological polar surface area (TPSA) is 55.1 Å². The Morgan fingerprint density at radius 3 is 2.85 bits per heavy atom. The molecule has 0 aliphatic heterocycles. The number of carboxylic acid groups (broad SMARTS) is 1. The van der Waals surface area contributed by atoms with Crippen molar-refractivity contribution in [1.29, 1.82) is 0 Å². The number of aromatic carboxylic acids is 1. The number of benzene rings is 1. The SMILES string of the molecule is Cc1nn(C)c(Sc2ccc3c(c2)CCC3)c1C(=O)O. The minimum absolute atomic E-state index is 0.304. The summed E-state index contributed by atoms with van der Waals surface area (Å²) >= 11 is 1.48. The average molecular weight is 288 g/mol. The fraction of sp³-hybridized carbons (Fsp3) is 0.333. The highest BCUT2D eigenvalue weighted by Crippen LogP contribution is 2.34. The second-order valence-corrected chi connectivity index (χ2v) is 6.14. The molecular formula is C15H16N2O2S. The van der Waals surface area contributed by atoms with Gasteiger partial charge in [0.15, 0.2) is 0 Å². The molecule has 0 unspecified atom stereocenters. The van der Waals surface area contributed by atoms with Gasteiger partial charge in [-0.25, -0.2) is 4.79 Å². The molecule has 1 N–H and O–H groups in total. The molecule has 104 valence electrons. The maximum absolute atomic E-state index is 11.4. The lowest BCUT2D eigenvalue weighted by atomic mass is 10.1. The van der Waals surface area contributed by atoms with Crippen molar-refractivity contribution in [1.82, 2.24) is 9.78 Å². The predicted molar refractivity (Wildman–Crippen MR) is 77.5 cm³/mol. The summed E-state index contributed by atoms with van der Waals surface area (Å²) in [5, 5.41) is 14.2. The van der Waals surface area contributed by atoms with Crippen LogP contribution in [-0.2, 0) is 19.9 Å². The van der Waals surface area contributed by atoms with Crippen LogP contribution in [0.3, 0.4) is 0 Å². The zero-order valence-electron chi connectivity index (χ0n) is 11.5. The van der Waals surface area contributed by atoms with E-state index in [4.69, 9.17) is 0 Å². The molecule has 2 aromatic rings. The van der Waals surface area contributed by atoms with Crippen LogP contribution >= 0.6 is 11.8 Å². The number of carboxylic acids is 1. The molecule has 0 atom stereocenters. The van der Waals surface area contributed by atoms with Crippen molar-refractivity contribution >= 4 is 17.7 Å². The highest BCUT2D eigenvalue weighted by atomic mass is 32.2. The van der Waals surface area contributed by atoms with Crippen molar-refractivity contribution in [3.05, 3.63) is 40.6 Å². The number of nitrogens with zero attached hydrogens (tertiary/aromatic N) is 2. The molecule has 1 aromatic heterocycles. The summed E-state index contributed by atoms with van der Waals surface area (Å²) < 4.78 is 1.65. The molecule has 0 radical (unpaired) electrons. The van der Waals surface area contributed by atoms with Crippen LogP contribution in [-0.4, -0.2) is 20.9 Å². The fourth-order valence-corrected chi connectivity index (χ4v) is 3.79. The molecule has 0 spiro atoms. The maximum atomic E-state index is 11.4. The van der Waals surface area contributed by atoms with E-state index in [1.54, 1.807) is 18.7 Å². The summed E-state index contributed by atoms with van der Waals surface area (Å²) in [5.74, 6) is -0.917. The van der Waals surface area contributed by atoms with E-state index >= 15 is 0 Å². The Balaban J connectivity index is 1.97. The molecular weight excluding hydrogens is 272 g/mol. The zero-order chi connectivity index (χ0) is 14.3. The lowest BCUT2D eigenvalue weighted by Gasteiger charge is -2.06. The smallest absolute Gasteiger partial charge is 0.340 e. The van der Waals surface area contributed by atoms with Gasteiger partial charge in [-0.2, -0.15) is 5.10 Å². The van der Waals surface area contributed by atoms with Crippen LogP contribution in [0.4, 0.5) is 0 Å². The monoisotopic (exact) mass is 288 g/mol. The average Bonchev–Trinajstić information content (AvgIpc) is 2.94. The van der Waals surface area contributed by atoms with E-state index in [9.17, 15) is 9.90 Å².